The van der Waals surface area contributed by atoms with Gasteiger partial charge in [-0.1, -0.05) is 43.8 Å². The molecule has 2 N–H and O–H groups in total. The van der Waals surface area contributed by atoms with Crippen molar-refractivity contribution in [2.75, 3.05) is 72.6 Å². The summed E-state index contributed by atoms with van der Waals surface area (Å²) in [4.78, 5) is 38.8. The SMILES string of the molecule is CC/C(=C(\C1CCC(O)CC1)C1CCC(OCCOCCOCCOCCOCCOC2CCCC3C(=O)N(C4CCC(=O)NC4=O)CC23)CC1)C1CCCCC1. The van der Waals surface area contributed by atoms with Gasteiger partial charge in [-0.25, -0.2) is 0 Å². The fraction of sp³-hybridized carbons (Fsp3) is 0.889. The van der Waals surface area contributed by atoms with Gasteiger partial charge >= 0.3 is 0 Å². The standard InChI is InChI=1S/C45H74N2O10/c1-2-37(32-7-4-3-5-8-32)43(33-11-15-35(48)16-12-33)34-13-17-36(18-14-34)56-29-27-54-25-23-52-21-22-53-24-26-55-28-30-57-41-10-6-9-38-39(41)31-47(45(38)51)40-19-20-42(49)46-44(40)50/h32-36,38-41,48H,2-31H2,1H3,(H,46,49,50)/b43-37-. The van der Waals surface area contributed by atoms with Crippen LogP contribution in [0.4, 0.5) is 0 Å². The third-order valence-electron chi connectivity index (χ3n) is 13.9. The molecule has 4 saturated carbocycles. The number of carbonyl (C=O) groups is 3. The molecule has 4 atom stereocenters. The van der Waals surface area contributed by atoms with Crippen molar-refractivity contribution in [1.29, 1.82) is 0 Å². The number of likely N-dealkylation sites (tertiary alicyclic amines) is 1. The molecule has 12 heteroatoms. The summed E-state index contributed by atoms with van der Waals surface area (Å²) < 4.78 is 35.3. The van der Waals surface area contributed by atoms with Crippen molar-refractivity contribution in [2.24, 2.45) is 29.6 Å². The number of aliphatic hydroxyl groups is 1. The molecular formula is C45H74N2O10. The van der Waals surface area contributed by atoms with Crippen LogP contribution in [0.1, 0.15) is 129 Å². The fourth-order valence-corrected chi connectivity index (χ4v) is 11.0. The Morgan fingerprint density at radius 3 is 1.81 bits per heavy atom. The highest BCUT2D eigenvalue weighted by Gasteiger charge is 2.50. The lowest BCUT2D eigenvalue weighted by molar-refractivity contribution is -0.144. The Labute approximate surface area is 341 Å². The molecule has 12 nitrogen and oxygen atoms in total. The number of piperidine rings is 1. The lowest BCUT2D eigenvalue weighted by Crippen LogP contribution is -2.53. The molecule has 3 amide bonds. The summed E-state index contributed by atoms with van der Waals surface area (Å²) in [6.45, 7) is 8.01. The number of aliphatic hydroxyl groups excluding tert-OH is 1. The normalized spacial score (nSPS) is 32.0. The highest BCUT2D eigenvalue weighted by Crippen LogP contribution is 2.46. The van der Waals surface area contributed by atoms with Gasteiger partial charge < -0.3 is 38.4 Å². The molecule has 57 heavy (non-hydrogen) atoms. The Balaban J connectivity index is 0.746. The lowest BCUT2D eigenvalue weighted by atomic mass is 9.68. The minimum absolute atomic E-state index is 0.0237. The first kappa shape index (κ1) is 44.6. The first-order valence-corrected chi connectivity index (χ1v) is 23.0. The minimum Gasteiger partial charge on any atom is -0.393 e. The molecule has 6 rings (SSSR count). The van der Waals surface area contributed by atoms with E-state index in [1.54, 1.807) is 10.5 Å². The number of hydrogen-bond donors (Lipinski definition) is 2. The number of hydrogen-bond acceptors (Lipinski definition) is 10. The Bertz CT molecular complexity index is 1270. The number of amides is 3. The second-order valence-corrected chi connectivity index (χ2v) is 17.5. The van der Waals surface area contributed by atoms with E-state index in [4.69, 9.17) is 28.4 Å². The largest absolute Gasteiger partial charge is 0.393 e. The lowest BCUT2D eigenvalue weighted by Gasteiger charge is -2.39. The zero-order chi connectivity index (χ0) is 39.8. The number of nitrogens with zero attached hydrogens (tertiary/aromatic N) is 1. The van der Waals surface area contributed by atoms with Crippen molar-refractivity contribution in [3.63, 3.8) is 0 Å². The van der Waals surface area contributed by atoms with Crippen LogP contribution in [0.3, 0.4) is 0 Å². The monoisotopic (exact) mass is 803 g/mol. The number of allylic oxidation sites excluding steroid dienone is 2. The second kappa shape index (κ2) is 23.8. The maximum absolute atomic E-state index is 13.1. The Morgan fingerprint density at radius 1 is 0.632 bits per heavy atom. The smallest absolute Gasteiger partial charge is 0.249 e. The van der Waals surface area contributed by atoms with E-state index in [-0.39, 0.29) is 48.2 Å². The fourth-order valence-electron chi connectivity index (χ4n) is 11.0. The van der Waals surface area contributed by atoms with Crippen LogP contribution in [0.2, 0.25) is 0 Å². The molecule has 0 radical (unpaired) electrons. The van der Waals surface area contributed by atoms with E-state index in [1.165, 1.54) is 51.4 Å². The van der Waals surface area contributed by atoms with Crippen LogP contribution in [0.25, 0.3) is 0 Å². The van der Waals surface area contributed by atoms with E-state index >= 15 is 0 Å². The van der Waals surface area contributed by atoms with Crippen molar-refractivity contribution < 1.29 is 47.9 Å². The predicted octanol–water partition coefficient (Wildman–Crippen LogP) is 5.92. The van der Waals surface area contributed by atoms with Gasteiger partial charge in [-0.2, -0.15) is 0 Å². The van der Waals surface area contributed by atoms with E-state index in [2.05, 4.69) is 12.2 Å². The number of carbonyl (C=O) groups excluding carboxylic acids is 3. The second-order valence-electron chi connectivity index (χ2n) is 17.5. The van der Waals surface area contributed by atoms with Gasteiger partial charge in [0.2, 0.25) is 17.7 Å². The molecule has 0 bridgehead atoms. The van der Waals surface area contributed by atoms with Crippen molar-refractivity contribution >= 4 is 17.7 Å². The highest BCUT2D eigenvalue weighted by molar-refractivity contribution is 6.02. The van der Waals surface area contributed by atoms with Gasteiger partial charge in [0.15, 0.2) is 0 Å². The van der Waals surface area contributed by atoms with Crippen LogP contribution < -0.4 is 5.32 Å². The summed E-state index contributed by atoms with van der Waals surface area (Å²) in [5, 5.41) is 12.6. The van der Waals surface area contributed by atoms with E-state index < -0.39 is 6.04 Å². The van der Waals surface area contributed by atoms with E-state index in [1.807, 2.05) is 5.57 Å². The first-order chi connectivity index (χ1) is 27.9. The van der Waals surface area contributed by atoms with Crippen LogP contribution in [0.5, 0.6) is 0 Å². The molecule has 0 aromatic rings. The quantitative estimate of drug-likeness (QED) is 0.0771. The Morgan fingerprint density at radius 2 is 1.21 bits per heavy atom. The molecule has 2 heterocycles. The number of nitrogens with one attached hydrogen (secondary N) is 1. The van der Waals surface area contributed by atoms with Crippen molar-refractivity contribution in [2.45, 2.75) is 153 Å². The molecule has 4 unspecified atom stereocenters. The Kier molecular flexibility index (Phi) is 18.6. The predicted molar refractivity (Wildman–Crippen MR) is 215 cm³/mol. The van der Waals surface area contributed by atoms with Gasteiger partial charge in [0, 0.05) is 24.8 Å². The van der Waals surface area contributed by atoms with Gasteiger partial charge in [-0.05, 0) is 108 Å². The summed E-state index contributed by atoms with van der Waals surface area (Å²) in [7, 11) is 0. The van der Waals surface area contributed by atoms with Gasteiger partial charge in [-0.15, -0.1) is 0 Å². The Hall–Kier alpha value is -1.93. The first-order valence-electron chi connectivity index (χ1n) is 23.0. The van der Waals surface area contributed by atoms with Crippen LogP contribution in [-0.2, 0) is 42.8 Å². The number of imide groups is 1. The topological polar surface area (TPSA) is 142 Å². The summed E-state index contributed by atoms with van der Waals surface area (Å²) in [6, 6.07) is -0.555. The molecule has 2 saturated heterocycles. The van der Waals surface area contributed by atoms with Gasteiger partial charge in [0.1, 0.15) is 6.04 Å². The van der Waals surface area contributed by atoms with E-state index in [9.17, 15) is 19.5 Å². The van der Waals surface area contributed by atoms with Crippen LogP contribution in [0, 0.1) is 29.6 Å². The molecular weight excluding hydrogens is 728 g/mol. The number of rotatable bonds is 22. The van der Waals surface area contributed by atoms with Gasteiger partial charge in [0.05, 0.1) is 84.4 Å². The zero-order valence-electron chi connectivity index (χ0n) is 35.0. The van der Waals surface area contributed by atoms with Crippen molar-refractivity contribution in [3.8, 4) is 0 Å². The molecule has 0 aromatic carbocycles. The molecule has 324 valence electrons. The average molecular weight is 803 g/mol. The maximum Gasteiger partial charge on any atom is 0.249 e. The van der Waals surface area contributed by atoms with Crippen LogP contribution >= 0.6 is 0 Å². The molecule has 2 aliphatic heterocycles. The summed E-state index contributed by atoms with van der Waals surface area (Å²) in [5.41, 5.74) is 3.62. The molecule has 6 aliphatic rings. The summed E-state index contributed by atoms with van der Waals surface area (Å²) >= 11 is 0. The maximum atomic E-state index is 13.1. The molecule has 0 aromatic heterocycles. The highest BCUT2D eigenvalue weighted by atomic mass is 16.6. The van der Waals surface area contributed by atoms with Crippen LogP contribution in [-0.4, -0.2) is 125 Å². The van der Waals surface area contributed by atoms with Gasteiger partial charge in [0.25, 0.3) is 0 Å². The third kappa shape index (κ3) is 13.0. The molecule has 4 aliphatic carbocycles. The number of fused-ring (bicyclic) bond motifs is 1. The van der Waals surface area contributed by atoms with E-state index in [0.717, 1.165) is 63.7 Å². The van der Waals surface area contributed by atoms with Crippen molar-refractivity contribution in [3.05, 3.63) is 11.1 Å². The summed E-state index contributed by atoms with van der Waals surface area (Å²) in [5.74, 6) is 1.51. The zero-order valence-corrected chi connectivity index (χ0v) is 35.0. The van der Waals surface area contributed by atoms with Crippen molar-refractivity contribution in [1.82, 2.24) is 10.2 Å². The van der Waals surface area contributed by atoms with Crippen LogP contribution in [0.15, 0.2) is 11.1 Å². The molecule has 6 fully saturated rings. The number of ether oxygens (including phenoxy) is 6. The molecule has 0 spiro atoms. The van der Waals surface area contributed by atoms with E-state index in [0.29, 0.717) is 97.0 Å². The van der Waals surface area contributed by atoms with Gasteiger partial charge in [-0.3, -0.25) is 19.7 Å². The average Bonchev–Trinajstić information content (AvgIpc) is 3.57. The minimum atomic E-state index is -0.555. The third-order valence-corrected chi connectivity index (χ3v) is 13.9. The summed E-state index contributed by atoms with van der Waals surface area (Å²) in [6.07, 6.45) is 20.6.